The van der Waals surface area contributed by atoms with E-state index in [0.717, 1.165) is 38.5 Å². The summed E-state index contributed by atoms with van der Waals surface area (Å²) in [6, 6.07) is 17.5. The zero-order valence-electron chi connectivity index (χ0n) is 16.1. The van der Waals surface area contributed by atoms with E-state index < -0.39 is 0 Å². The molecule has 1 saturated heterocycles. The lowest BCUT2D eigenvalue weighted by Gasteiger charge is -2.32. The molecule has 1 aliphatic heterocycles. The second-order valence-corrected chi connectivity index (χ2v) is 7.47. The molecule has 0 N–H and O–H groups in total. The third kappa shape index (κ3) is 4.70. The fourth-order valence-electron chi connectivity index (χ4n) is 4.13. The number of hydrogen-bond acceptors (Lipinski definition) is 4. The normalized spacial score (nSPS) is 23.4. The van der Waals surface area contributed by atoms with E-state index >= 15 is 0 Å². The minimum absolute atomic E-state index is 0.388. The summed E-state index contributed by atoms with van der Waals surface area (Å²) in [6.07, 6.45) is 3.97. The van der Waals surface area contributed by atoms with E-state index in [0.29, 0.717) is 18.8 Å². The molecule has 0 bridgehead atoms. The van der Waals surface area contributed by atoms with Crippen LogP contribution in [0.1, 0.15) is 24.8 Å². The highest BCUT2D eigenvalue weighted by Gasteiger charge is 2.30. The zero-order chi connectivity index (χ0) is 18.5. The molecule has 1 saturated carbocycles. The number of rotatable bonds is 6. The van der Waals surface area contributed by atoms with E-state index in [-0.39, 0.29) is 0 Å². The van der Waals surface area contributed by atoms with Crippen molar-refractivity contribution in [3.05, 3.63) is 54.1 Å². The Morgan fingerprint density at radius 2 is 1.59 bits per heavy atom. The van der Waals surface area contributed by atoms with E-state index in [4.69, 9.17) is 14.2 Å². The molecule has 0 spiro atoms. The smallest absolute Gasteiger partial charge is 0.118 e. The first-order chi connectivity index (χ1) is 13.3. The second kappa shape index (κ2) is 8.87. The highest BCUT2D eigenvalue weighted by atomic mass is 16.5. The highest BCUT2D eigenvalue weighted by molar-refractivity contribution is 5.64. The van der Waals surface area contributed by atoms with Gasteiger partial charge in [-0.3, -0.25) is 4.90 Å². The van der Waals surface area contributed by atoms with Crippen molar-refractivity contribution in [3.8, 4) is 16.9 Å². The SMILES string of the molecule is COc1ccc(-c2ccc(COC3CCC(N4CCOCC4)C3)cc2)cc1. The van der Waals surface area contributed by atoms with Crippen molar-refractivity contribution in [1.29, 1.82) is 0 Å². The Morgan fingerprint density at radius 3 is 2.26 bits per heavy atom. The predicted molar refractivity (Wildman–Crippen MR) is 107 cm³/mol. The van der Waals surface area contributed by atoms with Gasteiger partial charge in [-0.2, -0.15) is 0 Å². The Balaban J connectivity index is 1.27. The Labute approximate surface area is 162 Å². The van der Waals surface area contributed by atoms with E-state index in [1.807, 2.05) is 12.1 Å². The molecular weight excluding hydrogens is 338 g/mol. The average Bonchev–Trinajstić information content (AvgIpc) is 3.22. The molecule has 2 unspecified atom stereocenters. The molecule has 4 rings (SSSR count). The topological polar surface area (TPSA) is 30.9 Å². The van der Waals surface area contributed by atoms with E-state index in [9.17, 15) is 0 Å². The molecule has 4 nitrogen and oxygen atoms in total. The summed E-state index contributed by atoms with van der Waals surface area (Å²) < 4.78 is 16.9. The molecule has 27 heavy (non-hydrogen) atoms. The fraction of sp³-hybridized carbons (Fsp3) is 0.478. The Bertz CT molecular complexity index is 707. The number of methoxy groups -OCH3 is 1. The summed E-state index contributed by atoms with van der Waals surface area (Å²) in [5.74, 6) is 0.885. The lowest BCUT2D eigenvalue weighted by molar-refractivity contribution is 0.00668. The van der Waals surface area contributed by atoms with Crippen LogP contribution in [0.2, 0.25) is 0 Å². The van der Waals surface area contributed by atoms with Crippen molar-refractivity contribution in [1.82, 2.24) is 4.90 Å². The van der Waals surface area contributed by atoms with Crippen LogP contribution >= 0.6 is 0 Å². The fourth-order valence-corrected chi connectivity index (χ4v) is 4.13. The molecule has 1 heterocycles. The monoisotopic (exact) mass is 367 g/mol. The lowest BCUT2D eigenvalue weighted by atomic mass is 10.0. The van der Waals surface area contributed by atoms with E-state index in [1.165, 1.54) is 29.5 Å². The van der Waals surface area contributed by atoms with Gasteiger partial charge in [0.15, 0.2) is 0 Å². The van der Waals surface area contributed by atoms with Gasteiger partial charge in [0.05, 0.1) is 33.0 Å². The minimum atomic E-state index is 0.388. The van der Waals surface area contributed by atoms with Crippen LogP contribution in [0.25, 0.3) is 11.1 Å². The lowest BCUT2D eigenvalue weighted by Crippen LogP contribution is -2.42. The highest BCUT2D eigenvalue weighted by Crippen LogP contribution is 2.28. The molecule has 4 heteroatoms. The quantitative estimate of drug-likeness (QED) is 0.768. The molecule has 0 aromatic heterocycles. The molecule has 2 atom stereocenters. The van der Waals surface area contributed by atoms with Gasteiger partial charge in [-0.15, -0.1) is 0 Å². The number of nitrogens with zero attached hydrogens (tertiary/aromatic N) is 1. The molecule has 2 aromatic carbocycles. The van der Waals surface area contributed by atoms with E-state index in [1.54, 1.807) is 7.11 Å². The zero-order valence-corrected chi connectivity index (χ0v) is 16.1. The van der Waals surface area contributed by atoms with Gasteiger partial charge in [0.1, 0.15) is 5.75 Å². The average molecular weight is 367 g/mol. The van der Waals surface area contributed by atoms with Gasteiger partial charge in [0.25, 0.3) is 0 Å². The third-order valence-electron chi connectivity index (χ3n) is 5.78. The van der Waals surface area contributed by atoms with Crippen molar-refractivity contribution >= 4 is 0 Å². The first-order valence-electron chi connectivity index (χ1n) is 9.98. The molecule has 0 radical (unpaired) electrons. The molecule has 2 aliphatic rings. The number of ether oxygens (including phenoxy) is 3. The largest absolute Gasteiger partial charge is 0.497 e. The summed E-state index contributed by atoms with van der Waals surface area (Å²) in [6.45, 7) is 4.60. The van der Waals surface area contributed by atoms with Gasteiger partial charge in [-0.1, -0.05) is 36.4 Å². The number of morpholine rings is 1. The Morgan fingerprint density at radius 1 is 0.926 bits per heavy atom. The summed E-state index contributed by atoms with van der Waals surface area (Å²) in [5, 5.41) is 0. The van der Waals surface area contributed by atoms with Gasteiger partial charge in [-0.05, 0) is 48.1 Å². The minimum Gasteiger partial charge on any atom is -0.497 e. The van der Waals surface area contributed by atoms with Crippen LogP contribution in [-0.4, -0.2) is 50.5 Å². The van der Waals surface area contributed by atoms with Gasteiger partial charge in [-0.25, -0.2) is 0 Å². The van der Waals surface area contributed by atoms with Gasteiger partial charge < -0.3 is 14.2 Å². The second-order valence-electron chi connectivity index (χ2n) is 7.47. The Hall–Kier alpha value is -1.88. The van der Waals surface area contributed by atoms with Crippen molar-refractivity contribution in [3.63, 3.8) is 0 Å². The summed E-state index contributed by atoms with van der Waals surface area (Å²) >= 11 is 0. The standard InChI is InChI=1S/C23H29NO3/c1-25-22-9-6-20(7-10-22)19-4-2-18(3-5-19)17-27-23-11-8-21(16-23)24-12-14-26-15-13-24/h2-7,9-10,21,23H,8,11-17H2,1H3. The maximum Gasteiger partial charge on any atom is 0.118 e. The maximum atomic E-state index is 6.21. The van der Waals surface area contributed by atoms with Crippen LogP contribution in [0, 0.1) is 0 Å². The predicted octanol–water partition coefficient (Wildman–Crippen LogP) is 4.13. The van der Waals surface area contributed by atoms with E-state index in [2.05, 4.69) is 41.3 Å². The van der Waals surface area contributed by atoms with Crippen LogP contribution in [0.4, 0.5) is 0 Å². The summed E-state index contributed by atoms with van der Waals surface area (Å²) in [7, 11) is 1.69. The number of benzene rings is 2. The van der Waals surface area contributed by atoms with Crippen LogP contribution < -0.4 is 4.74 Å². The molecule has 2 aromatic rings. The first kappa shape index (κ1) is 18.5. The van der Waals surface area contributed by atoms with Crippen molar-refractivity contribution in [2.75, 3.05) is 33.4 Å². The molecule has 0 amide bonds. The molecular formula is C23H29NO3. The molecule has 2 fully saturated rings. The molecule has 1 aliphatic carbocycles. The summed E-state index contributed by atoms with van der Waals surface area (Å²) in [5.41, 5.74) is 3.66. The Kier molecular flexibility index (Phi) is 6.07. The van der Waals surface area contributed by atoms with Crippen molar-refractivity contribution in [2.45, 2.75) is 38.0 Å². The molecule has 144 valence electrons. The van der Waals surface area contributed by atoms with Gasteiger partial charge >= 0.3 is 0 Å². The van der Waals surface area contributed by atoms with Crippen LogP contribution in [0.5, 0.6) is 5.75 Å². The van der Waals surface area contributed by atoms with Gasteiger partial charge in [0, 0.05) is 19.1 Å². The van der Waals surface area contributed by atoms with Crippen molar-refractivity contribution < 1.29 is 14.2 Å². The van der Waals surface area contributed by atoms with Gasteiger partial charge in [0.2, 0.25) is 0 Å². The number of hydrogen-bond donors (Lipinski definition) is 0. The van der Waals surface area contributed by atoms with Crippen LogP contribution in [0.3, 0.4) is 0 Å². The van der Waals surface area contributed by atoms with Crippen LogP contribution in [-0.2, 0) is 16.1 Å². The third-order valence-corrected chi connectivity index (χ3v) is 5.78. The summed E-state index contributed by atoms with van der Waals surface area (Å²) in [4.78, 5) is 2.58. The van der Waals surface area contributed by atoms with Crippen LogP contribution in [0.15, 0.2) is 48.5 Å². The first-order valence-corrected chi connectivity index (χ1v) is 9.98. The maximum absolute atomic E-state index is 6.21. The van der Waals surface area contributed by atoms with Crippen molar-refractivity contribution in [2.24, 2.45) is 0 Å².